The van der Waals surface area contributed by atoms with Gasteiger partial charge in [0.25, 0.3) is 0 Å². The van der Waals surface area contributed by atoms with Crippen LogP contribution in [-0.4, -0.2) is 9.45 Å². The van der Waals surface area contributed by atoms with Crippen LogP contribution in [0.5, 0.6) is 0 Å². The summed E-state index contributed by atoms with van der Waals surface area (Å²) in [5.74, 6) is 0. The third kappa shape index (κ3) is 4.48. The average molecular weight is 383 g/mol. The molecule has 0 radical (unpaired) electrons. The summed E-state index contributed by atoms with van der Waals surface area (Å²) in [4.78, 5) is 5.43. The summed E-state index contributed by atoms with van der Waals surface area (Å²) in [7, 11) is 0. The second-order valence-electron chi connectivity index (χ2n) is 3.90. The van der Waals surface area contributed by atoms with E-state index in [-0.39, 0.29) is 3.74 Å². The van der Waals surface area contributed by atoms with Crippen LogP contribution in [0, 0.1) is 0 Å². The van der Waals surface area contributed by atoms with Crippen molar-refractivity contribution in [1.29, 1.82) is 0 Å². The van der Waals surface area contributed by atoms with Crippen molar-refractivity contribution >= 4 is 37.6 Å². The molecule has 0 saturated heterocycles. The van der Waals surface area contributed by atoms with E-state index in [1.807, 2.05) is 60.7 Å². The molecule has 2 rings (SSSR count). The van der Waals surface area contributed by atoms with Crippen LogP contribution in [0.25, 0.3) is 0 Å². The predicted octanol–water partition coefficient (Wildman–Crippen LogP) is 4.72. The van der Waals surface area contributed by atoms with E-state index in [0.717, 1.165) is 16.8 Å². The molecule has 98 valence electrons. The molecule has 4 heteroatoms. The molecule has 0 aliphatic carbocycles. The number of rotatable bonds is 5. The Morgan fingerprint density at radius 1 is 0.947 bits per heavy atom. The van der Waals surface area contributed by atoms with Gasteiger partial charge in [0.15, 0.2) is 0 Å². The van der Waals surface area contributed by atoms with Crippen LogP contribution >= 0.6 is 31.9 Å². The zero-order valence-electron chi connectivity index (χ0n) is 10.2. The predicted molar refractivity (Wildman–Crippen MR) is 85.9 cm³/mol. The van der Waals surface area contributed by atoms with E-state index in [0.29, 0.717) is 6.61 Å². The van der Waals surface area contributed by atoms with Gasteiger partial charge in [-0.2, -0.15) is 0 Å². The van der Waals surface area contributed by atoms with Gasteiger partial charge in [-0.25, -0.2) is 0 Å². The van der Waals surface area contributed by atoms with Crippen molar-refractivity contribution < 1.29 is 4.84 Å². The van der Waals surface area contributed by atoms with Crippen molar-refractivity contribution in [2.24, 2.45) is 5.16 Å². The highest BCUT2D eigenvalue weighted by Gasteiger charge is 2.11. The largest absolute Gasteiger partial charge is 0.391 e. The monoisotopic (exact) mass is 381 g/mol. The van der Waals surface area contributed by atoms with Crippen molar-refractivity contribution in [2.75, 3.05) is 0 Å². The molecule has 0 atom stereocenters. The number of benzene rings is 2. The van der Waals surface area contributed by atoms with Gasteiger partial charge >= 0.3 is 0 Å². The fourth-order valence-corrected chi connectivity index (χ4v) is 2.27. The molecule has 0 aliphatic rings. The van der Waals surface area contributed by atoms with E-state index in [1.54, 1.807) is 0 Å². The number of halogens is 2. The molecule has 0 amide bonds. The van der Waals surface area contributed by atoms with E-state index in [4.69, 9.17) is 4.84 Å². The molecule has 0 unspecified atom stereocenters. The first-order valence-electron chi connectivity index (χ1n) is 5.84. The average Bonchev–Trinajstić information content (AvgIpc) is 2.45. The van der Waals surface area contributed by atoms with Gasteiger partial charge in [0.1, 0.15) is 16.1 Å². The Morgan fingerprint density at radius 2 is 1.53 bits per heavy atom. The minimum absolute atomic E-state index is 0.0434. The summed E-state index contributed by atoms with van der Waals surface area (Å²) < 4.78 is -0.0434. The molecule has 0 aliphatic heterocycles. The Balaban J connectivity index is 2.06. The lowest BCUT2D eigenvalue weighted by Gasteiger charge is -2.08. The molecule has 0 bridgehead atoms. The summed E-state index contributed by atoms with van der Waals surface area (Å²) in [6.45, 7) is 0.462. The highest BCUT2D eigenvalue weighted by molar-refractivity contribution is 9.25. The fourth-order valence-electron chi connectivity index (χ4n) is 1.58. The van der Waals surface area contributed by atoms with E-state index in [1.165, 1.54) is 0 Å². The maximum atomic E-state index is 5.43. The van der Waals surface area contributed by atoms with Crippen LogP contribution in [-0.2, 0) is 11.4 Å². The molecule has 2 aromatic carbocycles. The molecule has 2 nitrogen and oxygen atoms in total. The van der Waals surface area contributed by atoms with Crippen LogP contribution in [0.4, 0.5) is 0 Å². The second kappa shape index (κ2) is 7.46. The number of hydrogen-bond donors (Lipinski definition) is 0. The van der Waals surface area contributed by atoms with Gasteiger partial charge in [-0.05, 0) is 5.56 Å². The van der Waals surface area contributed by atoms with Crippen molar-refractivity contribution in [3.8, 4) is 0 Å². The van der Waals surface area contributed by atoms with Gasteiger partial charge in [-0.3, -0.25) is 0 Å². The molecular weight excluding hydrogens is 370 g/mol. The van der Waals surface area contributed by atoms with E-state index in [9.17, 15) is 0 Å². The van der Waals surface area contributed by atoms with Crippen molar-refractivity contribution in [2.45, 2.75) is 10.3 Å². The normalized spacial score (nSPS) is 11.6. The summed E-state index contributed by atoms with van der Waals surface area (Å²) in [6, 6.07) is 19.9. The van der Waals surface area contributed by atoms with E-state index < -0.39 is 0 Å². The molecule has 0 saturated carbocycles. The zero-order valence-corrected chi connectivity index (χ0v) is 13.3. The number of hydrogen-bond acceptors (Lipinski definition) is 2. The Hall–Kier alpha value is -1.13. The van der Waals surface area contributed by atoms with Crippen molar-refractivity contribution in [1.82, 2.24) is 0 Å². The van der Waals surface area contributed by atoms with E-state index >= 15 is 0 Å². The highest BCUT2D eigenvalue weighted by atomic mass is 79.9. The SMILES string of the molecule is BrC(Br)/C(=N\OCc1ccccc1)c1ccccc1. The number of alkyl halides is 2. The lowest BCUT2D eigenvalue weighted by Crippen LogP contribution is -2.09. The standard InChI is InChI=1S/C15H13Br2NO/c16-15(17)14(13-9-5-2-6-10-13)18-19-11-12-7-3-1-4-8-12/h1-10,15H,11H2/b18-14-. The van der Waals surface area contributed by atoms with Crippen LogP contribution in [0.3, 0.4) is 0 Å². The molecule has 19 heavy (non-hydrogen) atoms. The molecule has 0 N–H and O–H groups in total. The maximum Gasteiger partial charge on any atom is 0.142 e. The molecular formula is C15H13Br2NO. The Morgan fingerprint density at radius 3 is 2.11 bits per heavy atom. The quantitative estimate of drug-likeness (QED) is 0.416. The number of oxime groups is 1. The highest BCUT2D eigenvalue weighted by Crippen LogP contribution is 2.17. The first-order chi connectivity index (χ1) is 9.27. The van der Waals surface area contributed by atoms with Crippen LogP contribution < -0.4 is 0 Å². The van der Waals surface area contributed by atoms with Gasteiger partial charge in [0, 0.05) is 5.56 Å². The zero-order chi connectivity index (χ0) is 13.5. The summed E-state index contributed by atoms with van der Waals surface area (Å²) in [5.41, 5.74) is 2.94. The van der Waals surface area contributed by atoms with Crippen LogP contribution in [0.15, 0.2) is 65.8 Å². The Kier molecular flexibility index (Phi) is 5.61. The minimum atomic E-state index is -0.0434. The number of nitrogens with zero attached hydrogens (tertiary/aromatic N) is 1. The lowest BCUT2D eigenvalue weighted by molar-refractivity contribution is 0.130. The molecule has 0 aromatic heterocycles. The topological polar surface area (TPSA) is 21.6 Å². The first kappa shape index (κ1) is 14.3. The molecule has 0 spiro atoms. The smallest absolute Gasteiger partial charge is 0.142 e. The van der Waals surface area contributed by atoms with Crippen molar-refractivity contribution in [3.63, 3.8) is 0 Å². The third-order valence-corrected chi connectivity index (χ3v) is 3.38. The van der Waals surface area contributed by atoms with Gasteiger partial charge in [-0.1, -0.05) is 97.7 Å². The lowest BCUT2D eigenvalue weighted by atomic mass is 10.1. The fraction of sp³-hybridized carbons (Fsp3) is 0.133. The van der Waals surface area contributed by atoms with Gasteiger partial charge < -0.3 is 4.84 Å². The van der Waals surface area contributed by atoms with Gasteiger partial charge in [0.05, 0.1) is 0 Å². The summed E-state index contributed by atoms with van der Waals surface area (Å²) >= 11 is 6.94. The third-order valence-electron chi connectivity index (χ3n) is 2.51. The Labute approximate surface area is 129 Å². The summed E-state index contributed by atoms with van der Waals surface area (Å²) in [6.07, 6.45) is 0. The Bertz CT molecular complexity index is 526. The molecule has 0 heterocycles. The van der Waals surface area contributed by atoms with Gasteiger partial charge in [-0.15, -0.1) is 0 Å². The second-order valence-corrected chi connectivity index (χ2v) is 6.96. The first-order valence-corrected chi connectivity index (χ1v) is 7.68. The van der Waals surface area contributed by atoms with Crippen LogP contribution in [0.1, 0.15) is 11.1 Å². The molecule has 0 fully saturated rings. The molecule has 2 aromatic rings. The maximum absolute atomic E-state index is 5.43. The summed E-state index contributed by atoms with van der Waals surface area (Å²) in [5, 5.41) is 4.21. The van der Waals surface area contributed by atoms with E-state index in [2.05, 4.69) is 37.0 Å². The van der Waals surface area contributed by atoms with Gasteiger partial charge in [0.2, 0.25) is 0 Å². The van der Waals surface area contributed by atoms with Crippen LogP contribution in [0.2, 0.25) is 0 Å². The minimum Gasteiger partial charge on any atom is -0.391 e. The van der Waals surface area contributed by atoms with Crippen molar-refractivity contribution in [3.05, 3.63) is 71.8 Å².